The van der Waals surface area contributed by atoms with Crippen LogP contribution >= 0.6 is 145 Å². The molecule has 10 heterocycles. The van der Waals surface area contributed by atoms with Crippen LogP contribution in [0.2, 0.25) is 0 Å². The van der Waals surface area contributed by atoms with Crippen LogP contribution in [0.5, 0.6) is 0 Å². The van der Waals surface area contributed by atoms with E-state index in [0.29, 0.717) is 0 Å². The molecule has 726 valence electrons. The molecule has 22 nitrogen and oxygen atoms in total. The summed E-state index contributed by atoms with van der Waals surface area (Å²) in [5, 5.41) is 7.12. The summed E-state index contributed by atoms with van der Waals surface area (Å²) in [6.45, 7) is 33.8. The fraction of sp³-hybridized carbons (Fsp3) is 0.282. The molecule has 10 aliphatic heterocycles. The number of nitrogens with zero attached hydrogens (tertiary/aromatic N) is 20. The van der Waals surface area contributed by atoms with E-state index in [1.807, 2.05) is 214 Å². The number of carboxylic acid groups (broad SMARTS) is 1. The smallest absolute Gasteiger partial charge is 0 e. The van der Waals surface area contributed by atoms with Gasteiger partial charge in [0.15, 0.2) is 0 Å². The Morgan fingerprint density at radius 3 is 0.575 bits per heavy atom. The molecule has 0 radical (unpaired) electrons. The molecule has 0 fully saturated rings. The Hall–Kier alpha value is -2.87. The normalized spacial score (nSPS) is 16.2. The van der Waals surface area contributed by atoms with E-state index in [-0.39, 0.29) is 28.5 Å². The van der Waals surface area contributed by atoms with Crippen molar-refractivity contribution in [1.82, 2.24) is 49.0 Å². The Bertz CT molecular complexity index is 3860. The van der Waals surface area contributed by atoms with Crippen molar-refractivity contribution in [3.63, 3.8) is 0 Å². The third-order valence-electron chi connectivity index (χ3n) is 17.3. The van der Waals surface area contributed by atoms with Gasteiger partial charge >= 0.3 is 205 Å². The molecule has 42 heteroatoms. The number of hydrogen-bond donors (Lipinski definition) is 1. The average molecular weight is 3210 g/mol. The van der Waals surface area contributed by atoms with E-state index in [0.717, 1.165) is 83.1 Å². The zero-order valence-electron chi connectivity index (χ0n) is 70.0. The number of aliphatic carboxylic acids is 1. The maximum atomic E-state index is 10.6. The Labute approximate surface area is 859 Å². The van der Waals surface area contributed by atoms with E-state index in [2.05, 4.69) is 344 Å². The van der Waals surface area contributed by atoms with E-state index in [4.69, 9.17) is 75.8 Å². The number of benzene rings is 5. The number of rotatable bonds is 22. The second-order valence-electron chi connectivity index (χ2n) is 27.0. The van der Waals surface area contributed by atoms with Crippen molar-refractivity contribution >= 4 is 207 Å². The minimum absolute atomic E-state index is 0. The molecule has 0 saturated heterocycles. The molecule has 127 heavy (non-hydrogen) atoms. The van der Waals surface area contributed by atoms with Crippen LogP contribution in [-0.4, -0.2) is 135 Å². The van der Waals surface area contributed by atoms with Crippen molar-refractivity contribution in [2.24, 2.45) is 0 Å². The molecule has 0 aliphatic carbocycles. The molecular weight excluding hydrogens is 3110 g/mol. The molecule has 5 aromatic rings. The summed E-state index contributed by atoms with van der Waals surface area (Å²) in [6, 6.07) is 48.2. The van der Waals surface area contributed by atoms with E-state index in [1.165, 1.54) is 51.4 Å². The fourth-order valence-corrected chi connectivity index (χ4v) is 11.3. The van der Waals surface area contributed by atoms with Gasteiger partial charge in [0.05, 0.1) is 0 Å². The topological polar surface area (TPSA) is 102 Å². The van der Waals surface area contributed by atoms with Gasteiger partial charge in [0.1, 0.15) is 0 Å². The predicted molar refractivity (Wildman–Crippen MR) is 535 cm³/mol. The van der Waals surface area contributed by atoms with Crippen LogP contribution in [0.1, 0.15) is 86.5 Å². The minimum Gasteiger partial charge on any atom is 0 e. The van der Waals surface area contributed by atoms with Crippen LogP contribution in [0, 0.1) is 97.0 Å². The van der Waals surface area contributed by atoms with E-state index in [1.54, 1.807) is 0 Å². The number of alkyl halides is 3. The summed E-state index contributed by atoms with van der Waals surface area (Å²) in [5.74, 6) is -2.76. The number of halogens is 15. The maximum absolute atomic E-state index is 10.6. The van der Waals surface area contributed by atoms with Crippen molar-refractivity contribution in [2.75, 3.05) is 117 Å². The van der Waals surface area contributed by atoms with E-state index < -0.39 is 60.6 Å². The van der Waals surface area contributed by atoms with E-state index >= 15 is 0 Å². The number of anilines is 10. The molecule has 15 rings (SSSR count). The quantitative estimate of drug-likeness (QED) is 0.0525. The van der Waals surface area contributed by atoms with Crippen molar-refractivity contribution in [2.45, 2.75) is 92.7 Å². The summed E-state index contributed by atoms with van der Waals surface area (Å²) >= 11 is 9.76. The molecular formula is C85H104Br3Cl7F3I2N20O2Pt5-15. The predicted octanol–water partition coefficient (Wildman–Crippen LogP) is 25.9. The van der Waals surface area contributed by atoms with Crippen molar-refractivity contribution in [3.8, 4) is 0 Å². The van der Waals surface area contributed by atoms with Gasteiger partial charge in [-0.15, -0.1) is 148 Å². The summed E-state index contributed by atoms with van der Waals surface area (Å²) in [5.41, 5.74) is 10.5. The molecule has 0 saturated carbocycles. The van der Waals surface area contributed by atoms with Crippen LogP contribution < -0.4 is 49.0 Å². The van der Waals surface area contributed by atoms with Crippen LogP contribution in [0.3, 0.4) is 0 Å². The summed E-state index contributed by atoms with van der Waals surface area (Å²) in [4.78, 5) is 50.7. The molecule has 0 bridgehead atoms. The molecule has 0 unspecified atom stereocenters. The standard InChI is InChI=1S/4C17H21N4.C14H15N4.C2HF3O2.CH4.3BrH.7ClH.2HI.5Pt/c4*1-3-4-8-19-10-12-21(15-19)17-7-5-6-16(13-17)20-11-9-18(2)14-20;1-15-6-8-17(11-15)13-4-3-5-14(10-13)18-9-7-16(2)12-18;3-2(4,5)1(6)7;;;;;;;;;;;;;;;;;;/h4*5-7,9-12,14-15H,3-4,8H2,1-2H3;3-9,11-12H,1-2H3;(H,6,7);1H4;12*1H;;;;;/q5*-3;;;;;;;;;;;;;;;;4*+3/p-12. The summed E-state index contributed by atoms with van der Waals surface area (Å²) in [7, 11) is 46.4. The largest absolute Gasteiger partial charge is 0 e. The second-order valence-corrected chi connectivity index (χ2v) is 108. The number of unbranched alkanes of at least 4 members (excludes halogenated alkanes) is 4. The van der Waals surface area contributed by atoms with Gasteiger partial charge in [-0.3, -0.25) is 0 Å². The first-order valence-electron chi connectivity index (χ1n) is 38.1. The zero-order chi connectivity index (χ0) is 91.5. The first-order valence-corrected chi connectivity index (χ1v) is 85.6. The van der Waals surface area contributed by atoms with Crippen LogP contribution in [0.25, 0.3) is 0 Å². The SMILES string of the molecule is C.CCCCN1C=CN(c2[c-]c(N3C=CN(C)[CH-]3)ccc2)[CH-]1.CCCCN1C=CN(c2[c-]c(N3C=CN(C)[CH-]3)ccc2)[CH-]1.CCCCN1C=CN(c2[c-]c(N3C=CN(C)[CH-]3)ccc2)[CH-]1.CCCCN1C=CN(c2[c-]c(N3C=CN(C)[CH-]3)ccc2)[CH-]1.CN1C=CN(c2[c-]c(N3C=CN(C)[CH-]3)ccc2)[CH-]1.O=C(O)C(F)(F)F.[Br][Pt]([Br])[Br].[Cl][Pt]([Cl])[Cl].[Cl][Pt]([Cl])[Cl].[Cl][Pt]([I])[I].[Pt]. The Morgan fingerprint density at radius 2 is 0.465 bits per heavy atom. The van der Waals surface area contributed by atoms with Gasteiger partial charge in [-0.25, -0.2) is 4.79 Å². The molecule has 10 aliphatic rings. The summed E-state index contributed by atoms with van der Waals surface area (Å²) in [6.07, 6.45) is 45.7. The van der Waals surface area contributed by atoms with Crippen molar-refractivity contribution in [1.29, 1.82) is 0 Å². The number of hydrogen-bond acceptors (Lipinski definition) is 21. The monoisotopic (exact) mass is 3200 g/mol. The minimum atomic E-state index is -5.08. The van der Waals surface area contributed by atoms with Crippen molar-refractivity contribution < 1.29 is 92.6 Å². The van der Waals surface area contributed by atoms with E-state index in [9.17, 15) is 13.2 Å². The fourth-order valence-electron chi connectivity index (χ4n) is 11.3. The molecule has 0 amide bonds. The Morgan fingerprint density at radius 1 is 0.339 bits per heavy atom. The molecule has 5 aromatic carbocycles. The molecule has 0 spiro atoms. The Kier molecular flexibility index (Phi) is 58.2. The van der Waals surface area contributed by atoms with Gasteiger partial charge in [-0.1, -0.05) is 60.8 Å². The van der Waals surface area contributed by atoms with Gasteiger partial charge in [0, 0.05) is 21.1 Å². The van der Waals surface area contributed by atoms with Crippen molar-refractivity contribution in [3.05, 3.63) is 312 Å². The third-order valence-corrected chi connectivity index (χ3v) is 17.3. The molecule has 1 N–H and O–H groups in total. The molecule has 0 aromatic heterocycles. The first-order chi connectivity index (χ1) is 59.6. The zero-order valence-corrected chi connectivity index (χ0v) is 95.7. The number of carbonyl (C=O) groups is 1. The van der Waals surface area contributed by atoms with Gasteiger partial charge in [0.2, 0.25) is 0 Å². The Balaban J connectivity index is 0.000000312. The van der Waals surface area contributed by atoms with Gasteiger partial charge in [0.25, 0.3) is 0 Å². The molecule has 0 atom stereocenters. The number of carboxylic acids is 1. The summed E-state index contributed by atoms with van der Waals surface area (Å²) < 4.78 is 31.7. The first kappa shape index (κ1) is 116. The van der Waals surface area contributed by atoms with Gasteiger partial charge in [-0.05, 0) is 218 Å². The average Bonchev–Trinajstić information content (AvgIpc) is 1.76. The third kappa shape index (κ3) is 45.6. The van der Waals surface area contributed by atoms with Crippen LogP contribution in [0.15, 0.2) is 215 Å². The van der Waals surface area contributed by atoms with Gasteiger partial charge < -0.3 is 103 Å². The van der Waals surface area contributed by atoms with Crippen LogP contribution in [-0.2, 0) is 74.3 Å². The maximum Gasteiger partial charge on any atom is 0 e. The van der Waals surface area contributed by atoms with Gasteiger partial charge in [-0.2, -0.15) is 110 Å². The van der Waals surface area contributed by atoms with Crippen LogP contribution in [0.4, 0.5) is 70.0 Å². The second kappa shape index (κ2) is 63.5.